The Morgan fingerprint density at radius 2 is 2.10 bits per heavy atom. The van der Waals surface area contributed by atoms with Gasteiger partial charge < -0.3 is 10.2 Å². The van der Waals surface area contributed by atoms with E-state index in [1.807, 2.05) is 0 Å². The summed E-state index contributed by atoms with van der Waals surface area (Å²) in [4.78, 5) is 11.3. The fraction of sp³-hybridized carbons (Fsp3) is 0.750. The van der Waals surface area contributed by atoms with Crippen molar-refractivity contribution in [2.24, 2.45) is 5.92 Å². The maximum atomic E-state index is 4.48. The molecule has 1 aromatic heterocycles. The van der Waals surface area contributed by atoms with Gasteiger partial charge in [0.25, 0.3) is 0 Å². The number of hydrogen-bond donors (Lipinski definition) is 1. The Morgan fingerprint density at radius 1 is 1.30 bits per heavy atom. The maximum Gasteiger partial charge on any atom is 0.132 e. The van der Waals surface area contributed by atoms with E-state index in [9.17, 15) is 0 Å². The molecule has 4 heteroatoms. The van der Waals surface area contributed by atoms with Crippen molar-refractivity contribution in [2.45, 2.75) is 52.5 Å². The third-order valence-electron chi connectivity index (χ3n) is 3.87. The third-order valence-corrected chi connectivity index (χ3v) is 3.87. The highest BCUT2D eigenvalue weighted by Gasteiger charge is 2.25. The van der Waals surface area contributed by atoms with Crippen LogP contribution in [0.3, 0.4) is 0 Å². The number of rotatable bonds is 6. The molecule has 2 heterocycles. The van der Waals surface area contributed by atoms with Gasteiger partial charge in [0.2, 0.25) is 0 Å². The Kier molecular flexibility index (Phi) is 5.35. The largest absolute Gasteiger partial charge is 0.352 e. The van der Waals surface area contributed by atoms with Crippen LogP contribution in [0.15, 0.2) is 12.4 Å². The number of nitrogens with one attached hydrogen (secondary N) is 1. The lowest BCUT2D eigenvalue weighted by Gasteiger charge is -2.26. The molecule has 112 valence electrons. The standard InChI is InChI=1S/C16H28N4/c1-12(2)9-17-10-14-6-5-7-20(14)16-8-15(13(3)4)18-11-19-16/h8,11-14,17H,5-7,9-10H2,1-4H3. The minimum Gasteiger partial charge on any atom is -0.352 e. The van der Waals surface area contributed by atoms with Gasteiger partial charge in [0.15, 0.2) is 0 Å². The summed E-state index contributed by atoms with van der Waals surface area (Å²) in [5, 5.41) is 3.58. The summed E-state index contributed by atoms with van der Waals surface area (Å²) in [6.07, 6.45) is 4.22. The molecule has 0 saturated carbocycles. The van der Waals surface area contributed by atoms with Crippen LogP contribution >= 0.6 is 0 Å². The molecule has 1 aromatic rings. The van der Waals surface area contributed by atoms with Crippen molar-refractivity contribution in [1.82, 2.24) is 15.3 Å². The van der Waals surface area contributed by atoms with Crippen molar-refractivity contribution in [2.75, 3.05) is 24.5 Å². The molecular formula is C16H28N4. The molecule has 1 unspecified atom stereocenters. The molecule has 20 heavy (non-hydrogen) atoms. The molecule has 1 aliphatic rings. The Morgan fingerprint density at radius 3 is 2.80 bits per heavy atom. The second kappa shape index (κ2) is 7.02. The number of nitrogens with zero attached hydrogens (tertiary/aromatic N) is 3. The third kappa shape index (κ3) is 3.92. The van der Waals surface area contributed by atoms with Crippen LogP contribution in [0, 0.1) is 5.92 Å². The summed E-state index contributed by atoms with van der Waals surface area (Å²) in [6.45, 7) is 12.1. The van der Waals surface area contributed by atoms with Crippen LogP contribution in [0.4, 0.5) is 5.82 Å². The first-order valence-electron chi connectivity index (χ1n) is 7.87. The van der Waals surface area contributed by atoms with Crippen LogP contribution in [0.2, 0.25) is 0 Å². The van der Waals surface area contributed by atoms with Crippen LogP contribution in [0.25, 0.3) is 0 Å². The fourth-order valence-corrected chi connectivity index (χ4v) is 2.72. The molecule has 0 radical (unpaired) electrons. The first-order chi connectivity index (χ1) is 9.58. The zero-order chi connectivity index (χ0) is 14.5. The topological polar surface area (TPSA) is 41.0 Å². The van der Waals surface area contributed by atoms with E-state index in [1.54, 1.807) is 6.33 Å². The number of hydrogen-bond acceptors (Lipinski definition) is 4. The van der Waals surface area contributed by atoms with Crippen molar-refractivity contribution < 1.29 is 0 Å². The van der Waals surface area contributed by atoms with Crippen molar-refractivity contribution >= 4 is 5.82 Å². The van der Waals surface area contributed by atoms with Gasteiger partial charge in [0.05, 0.1) is 0 Å². The molecule has 1 saturated heterocycles. The first kappa shape index (κ1) is 15.2. The van der Waals surface area contributed by atoms with Gasteiger partial charge in [-0.1, -0.05) is 27.7 Å². The normalized spacial score (nSPS) is 19.3. The highest BCUT2D eigenvalue weighted by molar-refractivity contribution is 5.42. The minimum absolute atomic E-state index is 0.455. The van der Waals surface area contributed by atoms with Crippen LogP contribution < -0.4 is 10.2 Å². The summed E-state index contributed by atoms with van der Waals surface area (Å²) in [5.41, 5.74) is 1.13. The van der Waals surface area contributed by atoms with Crippen LogP contribution in [-0.4, -0.2) is 35.6 Å². The van der Waals surface area contributed by atoms with Crippen LogP contribution in [0.5, 0.6) is 0 Å². The first-order valence-corrected chi connectivity index (χ1v) is 7.87. The molecule has 0 amide bonds. The second-order valence-corrected chi connectivity index (χ2v) is 6.50. The van der Waals surface area contributed by atoms with Gasteiger partial charge in [-0.05, 0) is 31.2 Å². The Labute approximate surface area is 123 Å². The van der Waals surface area contributed by atoms with E-state index in [-0.39, 0.29) is 0 Å². The average molecular weight is 276 g/mol. The lowest BCUT2D eigenvalue weighted by atomic mass is 10.1. The van der Waals surface area contributed by atoms with E-state index in [0.29, 0.717) is 17.9 Å². The molecule has 4 nitrogen and oxygen atoms in total. The van der Waals surface area contributed by atoms with Gasteiger partial charge in [-0.2, -0.15) is 0 Å². The minimum atomic E-state index is 0.455. The zero-order valence-corrected chi connectivity index (χ0v) is 13.3. The van der Waals surface area contributed by atoms with E-state index in [0.717, 1.165) is 31.1 Å². The van der Waals surface area contributed by atoms with Crippen LogP contribution in [0.1, 0.15) is 52.1 Å². The van der Waals surface area contributed by atoms with E-state index in [1.165, 1.54) is 12.8 Å². The van der Waals surface area contributed by atoms with E-state index < -0.39 is 0 Å². The highest BCUT2D eigenvalue weighted by Crippen LogP contribution is 2.25. The van der Waals surface area contributed by atoms with Gasteiger partial charge >= 0.3 is 0 Å². The van der Waals surface area contributed by atoms with Crippen molar-refractivity contribution in [3.8, 4) is 0 Å². The summed E-state index contributed by atoms with van der Waals surface area (Å²) >= 11 is 0. The van der Waals surface area contributed by atoms with Gasteiger partial charge in [0, 0.05) is 30.9 Å². The smallest absolute Gasteiger partial charge is 0.132 e. The highest BCUT2D eigenvalue weighted by atomic mass is 15.2. The van der Waals surface area contributed by atoms with Crippen molar-refractivity contribution in [3.05, 3.63) is 18.1 Å². The molecule has 1 N–H and O–H groups in total. The van der Waals surface area contributed by atoms with Gasteiger partial charge in [-0.15, -0.1) is 0 Å². The van der Waals surface area contributed by atoms with Gasteiger partial charge in [-0.3, -0.25) is 0 Å². The number of anilines is 1. The summed E-state index contributed by atoms with van der Waals surface area (Å²) in [5.74, 6) is 2.26. The Hall–Kier alpha value is -1.16. The number of aromatic nitrogens is 2. The molecule has 0 bridgehead atoms. The molecular weight excluding hydrogens is 248 g/mol. The van der Waals surface area contributed by atoms with Crippen LogP contribution in [-0.2, 0) is 0 Å². The lowest BCUT2D eigenvalue weighted by Crippen LogP contribution is -2.39. The van der Waals surface area contributed by atoms with Gasteiger partial charge in [0.1, 0.15) is 12.1 Å². The van der Waals surface area contributed by atoms with E-state index in [2.05, 4.69) is 53.9 Å². The predicted octanol–water partition coefficient (Wildman–Crippen LogP) is 2.81. The quantitative estimate of drug-likeness (QED) is 0.867. The Bertz CT molecular complexity index is 417. The van der Waals surface area contributed by atoms with Crippen molar-refractivity contribution in [1.29, 1.82) is 0 Å². The van der Waals surface area contributed by atoms with E-state index >= 15 is 0 Å². The zero-order valence-electron chi connectivity index (χ0n) is 13.3. The molecule has 0 aromatic carbocycles. The fourth-order valence-electron chi connectivity index (χ4n) is 2.72. The molecule has 1 fully saturated rings. The van der Waals surface area contributed by atoms with E-state index in [4.69, 9.17) is 0 Å². The van der Waals surface area contributed by atoms with Crippen molar-refractivity contribution in [3.63, 3.8) is 0 Å². The molecule has 0 aliphatic carbocycles. The average Bonchev–Trinajstić information content (AvgIpc) is 2.87. The maximum absolute atomic E-state index is 4.48. The monoisotopic (exact) mass is 276 g/mol. The SMILES string of the molecule is CC(C)CNCC1CCCN1c1cc(C(C)C)ncn1. The predicted molar refractivity (Wildman–Crippen MR) is 84.2 cm³/mol. The molecule has 1 atom stereocenters. The molecule has 0 spiro atoms. The summed E-state index contributed by atoms with van der Waals surface area (Å²) in [6, 6.07) is 2.73. The lowest BCUT2D eigenvalue weighted by molar-refractivity contribution is 0.511. The summed E-state index contributed by atoms with van der Waals surface area (Å²) in [7, 11) is 0. The summed E-state index contributed by atoms with van der Waals surface area (Å²) < 4.78 is 0. The second-order valence-electron chi connectivity index (χ2n) is 6.50. The molecule has 2 rings (SSSR count). The van der Waals surface area contributed by atoms with Gasteiger partial charge in [-0.25, -0.2) is 9.97 Å². The Balaban J connectivity index is 2.01. The molecule has 1 aliphatic heterocycles.